The Kier molecular flexibility index (Phi) is 4.78. The highest BCUT2D eigenvalue weighted by atomic mass is 16.5. The molecule has 7 nitrogen and oxygen atoms in total. The van der Waals surface area contributed by atoms with Gasteiger partial charge in [0.1, 0.15) is 17.6 Å². The molecule has 0 aliphatic carbocycles. The second kappa shape index (κ2) is 7.23. The first kappa shape index (κ1) is 17.9. The van der Waals surface area contributed by atoms with Gasteiger partial charge in [-0.15, -0.1) is 0 Å². The third-order valence-electron chi connectivity index (χ3n) is 5.47. The summed E-state index contributed by atoms with van der Waals surface area (Å²) in [5.74, 6) is 1.92. The van der Waals surface area contributed by atoms with Crippen molar-refractivity contribution in [3.8, 4) is 11.5 Å². The summed E-state index contributed by atoms with van der Waals surface area (Å²) in [7, 11) is 1.69. The number of primary amides is 1. The molecule has 1 amide bonds. The molecule has 0 bridgehead atoms. The van der Waals surface area contributed by atoms with Crippen LogP contribution in [0.25, 0.3) is 0 Å². The average molecular weight is 370 g/mol. The summed E-state index contributed by atoms with van der Waals surface area (Å²) in [6, 6.07) is 4.11. The molecule has 4 rings (SSSR count). The van der Waals surface area contributed by atoms with Gasteiger partial charge in [0.15, 0.2) is 0 Å². The van der Waals surface area contributed by atoms with E-state index in [1.54, 1.807) is 13.3 Å². The lowest BCUT2D eigenvalue weighted by atomic mass is 9.94. The van der Waals surface area contributed by atoms with E-state index in [0.29, 0.717) is 11.5 Å². The number of rotatable bonds is 6. The van der Waals surface area contributed by atoms with Crippen LogP contribution in [-0.2, 0) is 25.9 Å². The highest BCUT2D eigenvalue weighted by Gasteiger charge is 2.25. The highest BCUT2D eigenvalue weighted by Crippen LogP contribution is 2.36. The summed E-state index contributed by atoms with van der Waals surface area (Å²) < 4.78 is 13.3. The topological polar surface area (TPSA) is 91.4 Å². The Bertz CT molecular complexity index is 861. The fraction of sp³-hybridized carbons (Fsp3) is 0.500. The van der Waals surface area contributed by atoms with Crippen molar-refractivity contribution >= 4 is 5.91 Å². The summed E-state index contributed by atoms with van der Waals surface area (Å²) in [5.41, 5.74) is 9.31. The average Bonchev–Trinajstić information content (AvgIpc) is 3.23. The molecular formula is C20H26N4O3. The molecule has 2 atom stereocenters. The molecule has 1 aromatic heterocycles. The number of carbonyl (C=O) groups excluding carboxylic acids is 1. The summed E-state index contributed by atoms with van der Waals surface area (Å²) >= 11 is 0. The first-order chi connectivity index (χ1) is 13.0. The molecule has 2 unspecified atom stereocenters. The number of ether oxygens (including phenoxy) is 2. The fourth-order valence-corrected chi connectivity index (χ4v) is 4.12. The molecule has 2 aliphatic heterocycles. The quantitative estimate of drug-likeness (QED) is 0.807. The SMILES string of the molecule is COc1cc(CNCC2CCn3ncc(C(N)=O)c3C2)c2c(c1)CC(C)O2. The minimum absolute atomic E-state index is 0.205. The Labute approximate surface area is 158 Å². The number of carbonyl (C=O) groups is 1. The number of fused-ring (bicyclic) bond motifs is 2. The zero-order valence-corrected chi connectivity index (χ0v) is 15.8. The molecule has 144 valence electrons. The Hall–Kier alpha value is -2.54. The van der Waals surface area contributed by atoms with Crippen molar-refractivity contribution in [3.63, 3.8) is 0 Å². The molecule has 0 fully saturated rings. The lowest BCUT2D eigenvalue weighted by molar-refractivity contribution is 0.0998. The second-order valence-corrected chi connectivity index (χ2v) is 7.49. The van der Waals surface area contributed by atoms with E-state index in [0.717, 1.165) is 61.7 Å². The van der Waals surface area contributed by atoms with Gasteiger partial charge in [-0.05, 0) is 44.4 Å². The van der Waals surface area contributed by atoms with Crippen LogP contribution in [-0.4, -0.2) is 35.4 Å². The van der Waals surface area contributed by atoms with Gasteiger partial charge in [-0.2, -0.15) is 5.10 Å². The molecule has 0 saturated carbocycles. The lowest BCUT2D eigenvalue weighted by Gasteiger charge is -2.24. The van der Waals surface area contributed by atoms with E-state index >= 15 is 0 Å². The van der Waals surface area contributed by atoms with Gasteiger partial charge in [0.2, 0.25) is 0 Å². The summed E-state index contributed by atoms with van der Waals surface area (Å²) in [6.45, 7) is 4.50. The molecule has 3 heterocycles. The number of nitrogens with one attached hydrogen (secondary N) is 1. The predicted molar refractivity (Wildman–Crippen MR) is 101 cm³/mol. The molecule has 0 saturated heterocycles. The van der Waals surface area contributed by atoms with Crippen molar-refractivity contribution in [2.24, 2.45) is 11.7 Å². The number of methoxy groups -OCH3 is 1. The molecule has 2 aliphatic rings. The largest absolute Gasteiger partial charge is 0.497 e. The van der Waals surface area contributed by atoms with E-state index in [-0.39, 0.29) is 6.10 Å². The van der Waals surface area contributed by atoms with Gasteiger partial charge in [-0.25, -0.2) is 0 Å². The Morgan fingerprint density at radius 3 is 3.07 bits per heavy atom. The molecule has 0 spiro atoms. The van der Waals surface area contributed by atoms with Gasteiger partial charge in [0, 0.05) is 30.6 Å². The lowest BCUT2D eigenvalue weighted by Crippen LogP contribution is -2.30. The van der Waals surface area contributed by atoms with E-state index in [1.807, 2.05) is 10.7 Å². The Morgan fingerprint density at radius 1 is 1.44 bits per heavy atom. The van der Waals surface area contributed by atoms with Gasteiger partial charge in [0.05, 0.1) is 24.6 Å². The van der Waals surface area contributed by atoms with Gasteiger partial charge < -0.3 is 20.5 Å². The van der Waals surface area contributed by atoms with E-state index in [2.05, 4.69) is 23.4 Å². The Morgan fingerprint density at radius 2 is 2.30 bits per heavy atom. The first-order valence-electron chi connectivity index (χ1n) is 9.46. The normalized spacial score (nSPS) is 20.7. The van der Waals surface area contributed by atoms with Crippen LogP contribution in [0.3, 0.4) is 0 Å². The number of nitrogens with two attached hydrogens (primary N) is 1. The van der Waals surface area contributed by atoms with Gasteiger partial charge in [0.25, 0.3) is 5.91 Å². The van der Waals surface area contributed by atoms with Crippen LogP contribution in [0.5, 0.6) is 11.5 Å². The summed E-state index contributed by atoms with van der Waals surface area (Å²) in [4.78, 5) is 11.6. The van der Waals surface area contributed by atoms with Crippen molar-refractivity contribution in [1.29, 1.82) is 0 Å². The Balaban J connectivity index is 1.40. The minimum Gasteiger partial charge on any atom is -0.497 e. The first-order valence-corrected chi connectivity index (χ1v) is 9.46. The maximum atomic E-state index is 11.6. The molecule has 3 N–H and O–H groups in total. The number of benzene rings is 1. The molecule has 2 aromatic rings. The number of amides is 1. The fourth-order valence-electron chi connectivity index (χ4n) is 4.12. The van der Waals surface area contributed by atoms with Crippen LogP contribution in [0.1, 0.15) is 40.5 Å². The van der Waals surface area contributed by atoms with Crippen LogP contribution in [0.4, 0.5) is 0 Å². The monoisotopic (exact) mass is 370 g/mol. The summed E-state index contributed by atoms with van der Waals surface area (Å²) in [6.07, 6.45) is 4.56. The van der Waals surface area contributed by atoms with Crippen LogP contribution >= 0.6 is 0 Å². The third-order valence-corrected chi connectivity index (χ3v) is 5.47. The van der Waals surface area contributed by atoms with Crippen LogP contribution in [0.2, 0.25) is 0 Å². The summed E-state index contributed by atoms with van der Waals surface area (Å²) in [5, 5.41) is 7.83. The van der Waals surface area contributed by atoms with Crippen molar-refractivity contribution in [2.45, 2.75) is 45.4 Å². The van der Waals surface area contributed by atoms with Crippen LogP contribution < -0.4 is 20.5 Å². The number of nitrogens with zero attached hydrogens (tertiary/aromatic N) is 2. The number of hydrogen-bond donors (Lipinski definition) is 2. The second-order valence-electron chi connectivity index (χ2n) is 7.49. The standard InChI is InChI=1S/C20H26N4O3/c1-12-5-14-7-16(26-2)8-15(19(14)27-12)10-22-9-13-3-4-24-18(6-13)17(11-23-24)20(21)25/h7-8,11-13,22H,3-6,9-10H2,1-2H3,(H2,21,25). The van der Waals surface area contributed by atoms with E-state index in [4.69, 9.17) is 15.2 Å². The third kappa shape index (κ3) is 3.51. The maximum Gasteiger partial charge on any atom is 0.252 e. The number of aryl methyl sites for hydroxylation is 1. The minimum atomic E-state index is -0.400. The van der Waals surface area contributed by atoms with Crippen molar-refractivity contribution < 1.29 is 14.3 Å². The van der Waals surface area contributed by atoms with Gasteiger partial charge >= 0.3 is 0 Å². The molecule has 0 radical (unpaired) electrons. The maximum absolute atomic E-state index is 11.6. The number of aromatic nitrogens is 2. The van der Waals surface area contributed by atoms with Gasteiger partial charge in [-0.1, -0.05) is 0 Å². The van der Waals surface area contributed by atoms with Gasteiger partial charge in [-0.3, -0.25) is 9.48 Å². The zero-order chi connectivity index (χ0) is 19.0. The smallest absolute Gasteiger partial charge is 0.252 e. The molecule has 1 aromatic carbocycles. The predicted octanol–water partition coefficient (Wildman–Crippen LogP) is 1.67. The van der Waals surface area contributed by atoms with E-state index in [9.17, 15) is 4.79 Å². The van der Waals surface area contributed by atoms with Crippen LogP contribution in [0, 0.1) is 5.92 Å². The number of hydrogen-bond acceptors (Lipinski definition) is 5. The van der Waals surface area contributed by atoms with E-state index < -0.39 is 5.91 Å². The molecular weight excluding hydrogens is 344 g/mol. The van der Waals surface area contributed by atoms with Crippen molar-refractivity contribution in [3.05, 3.63) is 40.7 Å². The molecule has 27 heavy (non-hydrogen) atoms. The van der Waals surface area contributed by atoms with Crippen LogP contribution in [0.15, 0.2) is 18.3 Å². The van der Waals surface area contributed by atoms with E-state index in [1.165, 1.54) is 5.56 Å². The molecule has 7 heteroatoms. The van der Waals surface area contributed by atoms with Crippen molar-refractivity contribution in [1.82, 2.24) is 15.1 Å². The zero-order valence-electron chi connectivity index (χ0n) is 15.8. The van der Waals surface area contributed by atoms with Crippen molar-refractivity contribution in [2.75, 3.05) is 13.7 Å². The highest BCUT2D eigenvalue weighted by molar-refractivity contribution is 5.93.